The highest BCUT2D eigenvalue weighted by atomic mass is 35.5. The lowest BCUT2D eigenvalue weighted by Crippen LogP contribution is -2.04. The lowest BCUT2D eigenvalue weighted by atomic mass is 10.0. The van der Waals surface area contributed by atoms with Crippen molar-refractivity contribution in [2.24, 2.45) is 0 Å². The topological polar surface area (TPSA) is 44.1 Å². The predicted octanol–water partition coefficient (Wildman–Crippen LogP) is 9.55. The molecule has 0 spiro atoms. The van der Waals surface area contributed by atoms with Gasteiger partial charge in [-0.3, -0.25) is 0 Å². The van der Waals surface area contributed by atoms with Crippen LogP contribution in [0.2, 0.25) is 10.0 Å². The molecule has 0 bridgehead atoms. The van der Waals surface area contributed by atoms with E-state index in [1.807, 2.05) is 53.2 Å². The Morgan fingerprint density at radius 1 is 0.905 bits per heavy atom. The van der Waals surface area contributed by atoms with Gasteiger partial charge in [-0.15, -0.1) is 0 Å². The number of carbonyl (C=O) groups is 1. The van der Waals surface area contributed by atoms with Crippen molar-refractivity contribution in [3.8, 4) is 22.4 Å². The molecule has 0 N–H and O–H groups in total. The molecule has 5 rings (SSSR count). The van der Waals surface area contributed by atoms with E-state index >= 15 is 0 Å². The maximum atomic E-state index is 13.1. The van der Waals surface area contributed by atoms with Crippen LogP contribution in [0, 0.1) is 0 Å². The molecule has 0 atom stereocenters. The van der Waals surface area contributed by atoms with E-state index < -0.39 is 17.7 Å². The number of methoxy groups -OCH3 is 1. The van der Waals surface area contributed by atoms with E-state index in [1.165, 1.54) is 13.2 Å². The van der Waals surface area contributed by atoms with Gasteiger partial charge >= 0.3 is 12.1 Å². The van der Waals surface area contributed by atoms with Gasteiger partial charge in [0, 0.05) is 23.3 Å². The van der Waals surface area contributed by atoms with Gasteiger partial charge in [-0.25, -0.2) is 9.78 Å². The van der Waals surface area contributed by atoms with E-state index in [9.17, 15) is 18.0 Å². The average Bonchev–Trinajstić information content (AvgIpc) is 3.37. The summed E-state index contributed by atoms with van der Waals surface area (Å²) < 4.78 is 46.2. The Balaban J connectivity index is 1.44. The second-order valence-electron chi connectivity index (χ2n) is 9.46. The summed E-state index contributed by atoms with van der Waals surface area (Å²) in [6, 6.07) is 24.8. The molecule has 0 fully saturated rings. The number of halogens is 5. The Morgan fingerprint density at radius 2 is 1.64 bits per heavy atom. The van der Waals surface area contributed by atoms with Gasteiger partial charge in [0.1, 0.15) is 5.82 Å². The molecule has 0 aliphatic rings. The van der Waals surface area contributed by atoms with Crippen LogP contribution in [0.15, 0.2) is 97.2 Å². The minimum atomic E-state index is -4.40. The smallest absolute Gasteiger partial charge is 0.416 e. The molecule has 42 heavy (non-hydrogen) atoms. The zero-order valence-electron chi connectivity index (χ0n) is 22.2. The van der Waals surface area contributed by atoms with E-state index in [0.717, 1.165) is 28.8 Å². The third-order valence-corrected chi connectivity index (χ3v) is 7.15. The normalized spacial score (nSPS) is 11.7. The number of benzene rings is 4. The number of ether oxygens (including phenoxy) is 1. The molecular formula is C33H23Cl2F3N2O2. The molecule has 0 aliphatic heterocycles. The van der Waals surface area contributed by atoms with Crippen LogP contribution in [-0.2, 0) is 17.5 Å². The van der Waals surface area contributed by atoms with Gasteiger partial charge in [0.2, 0.25) is 0 Å². The zero-order valence-corrected chi connectivity index (χ0v) is 23.7. The number of alkyl halides is 3. The van der Waals surface area contributed by atoms with Crippen LogP contribution in [0.1, 0.15) is 32.9 Å². The number of carbonyl (C=O) groups excluding carboxylic acids is 1. The van der Waals surface area contributed by atoms with Gasteiger partial charge in [0.05, 0.1) is 29.0 Å². The Bertz CT molecular complexity index is 1760. The first-order valence-corrected chi connectivity index (χ1v) is 13.5. The molecule has 4 aromatic carbocycles. The average molecular weight is 607 g/mol. The van der Waals surface area contributed by atoms with Crippen molar-refractivity contribution in [3.63, 3.8) is 0 Å². The Hall–Kier alpha value is -4.33. The monoisotopic (exact) mass is 606 g/mol. The van der Waals surface area contributed by atoms with E-state index in [-0.39, 0.29) is 0 Å². The molecule has 0 amide bonds. The summed E-state index contributed by atoms with van der Waals surface area (Å²) in [6.07, 6.45) is 1.22. The summed E-state index contributed by atoms with van der Waals surface area (Å²) in [6.45, 7) is 0.466. The number of nitrogens with zero attached hydrogens (tertiary/aromatic N) is 2. The summed E-state index contributed by atoms with van der Waals surface area (Å²) in [5, 5.41) is 0.984. The highest BCUT2D eigenvalue weighted by Gasteiger charge is 2.30. The first kappa shape index (κ1) is 29.2. The molecule has 0 unspecified atom stereocenters. The molecule has 1 aromatic heterocycles. The molecule has 0 saturated heterocycles. The van der Waals surface area contributed by atoms with Crippen molar-refractivity contribution < 1.29 is 22.7 Å². The maximum Gasteiger partial charge on any atom is 0.416 e. The van der Waals surface area contributed by atoms with E-state index in [4.69, 9.17) is 32.9 Å². The van der Waals surface area contributed by atoms with Gasteiger partial charge in [0.15, 0.2) is 0 Å². The highest BCUT2D eigenvalue weighted by Crippen LogP contribution is 2.33. The molecule has 4 nitrogen and oxygen atoms in total. The lowest BCUT2D eigenvalue weighted by Gasteiger charge is -2.09. The summed E-state index contributed by atoms with van der Waals surface area (Å²) in [4.78, 5) is 16.6. The van der Waals surface area contributed by atoms with Crippen LogP contribution in [0.4, 0.5) is 13.2 Å². The molecule has 212 valence electrons. The Labute approximate surface area is 250 Å². The quantitative estimate of drug-likeness (QED) is 0.173. The largest absolute Gasteiger partial charge is 0.465 e. The molecule has 0 radical (unpaired) electrons. The van der Waals surface area contributed by atoms with Crippen molar-refractivity contribution in [2.45, 2.75) is 12.7 Å². The van der Waals surface area contributed by atoms with Crippen molar-refractivity contribution in [1.29, 1.82) is 0 Å². The van der Waals surface area contributed by atoms with Crippen LogP contribution in [0.5, 0.6) is 0 Å². The summed E-state index contributed by atoms with van der Waals surface area (Å²) in [5.41, 5.74) is 4.08. The van der Waals surface area contributed by atoms with Gasteiger partial charge in [-0.1, -0.05) is 77.8 Å². The molecule has 1 heterocycles. The predicted molar refractivity (Wildman–Crippen MR) is 160 cm³/mol. The standard InChI is InChI=1S/C33H23Cl2F3N2O2/c1-42-32(41)24-12-7-22(8-13-24)19-40-20-30(28-15-14-27(34)18-29(28)35)39-31(40)16-9-21-5-10-23(11-6-21)25-3-2-4-26(17-25)33(36,37)38/h2-18,20H,19H2,1H3. The fourth-order valence-corrected chi connectivity index (χ4v) is 4.92. The van der Waals surface area contributed by atoms with Crippen molar-refractivity contribution >= 4 is 41.3 Å². The second-order valence-corrected chi connectivity index (χ2v) is 10.3. The van der Waals surface area contributed by atoms with Gasteiger partial charge < -0.3 is 9.30 Å². The van der Waals surface area contributed by atoms with Gasteiger partial charge in [-0.2, -0.15) is 13.2 Å². The van der Waals surface area contributed by atoms with E-state index in [2.05, 4.69) is 0 Å². The van der Waals surface area contributed by atoms with Gasteiger partial charge in [0.25, 0.3) is 0 Å². The number of aromatic nitrogens is 2. The summed E-state index contributed by atoms with van der Waals surface area (Å²) >= 11 is 12.5. The van der Waals surface area contributed by atoms with Crippen molar-refractivity contribution in [3.05, 3.63) is 135 Å². The van der Waals surface area contributed by atoms with Crippen LogP contribution in [0.3, 0.4) is 0 Å². The number of hydrogen-bond acceptors (Lipinski definition) is 3. The number of imidazole rings is 1. The van der Waals surface area contributed by atoms with Crippen LogP contribution in [-0.4, -0.2) is 22.6 Å². The third kappa shape index (κ3) is 6.75. The van der Waals surface area contributed by atoms with Crippen LogP contribution < -0.4 is 0 Å². The molecule has 0 aliphatic carbocycles. The fraction of sp³-hybridized carbons (Fsp3) is 0.0909. The minimum Gasteiger partial charge on any atom is -0.465 e. The summed E-state index contributed by atoms with van der Waals surface area (Å²) in [5.74, 6) is 0.238. The van der Waals surface area contributed by atoms with Crippen LogP contribution >= 0.6 is 23.2 Å². The first-order valence-electron chi connectivity index (χ1n) is 12.8. The van der Waals surface area contributed by atoms with E-state index in [1.54, 1.807) is 42.5 Å². The van der Waals surface area contributed by atoms with E-state index in [0.29, 0.717) is 44.8 Å². The zero-order chi connectivity index (χ0) is 29.9. The van der Waals surface area contributed by atoms with Crippen LogP contribution in [0.25, 0.3) is 34.5 Å². The molecule has 9 heteroatoms. The van der Waals surface area contributed by atoms with Crippen molar-refractivity contribution in [2.75, 3.05) is 7.11 Å². The molecule has 5 aromatic rings. The first-order chi connectivity index (χ1) is 20.1. The molecular weight excluding hydrogens is 584 g/mol. The molecule has 0 saturated carbocycles. The third-order valence-electron chi connectivity index (χ3n) is 6.60. The van der Waals surface area contributed by atoms with Gasteiger partial charge in [-0.05, 0) is 70.8 Å². The SMILES string of the molecule is COC(=O)c1ccc(Cn2cc(-c3ccc(Cl)cc3Cl)nc2C=Cc2ccc(-c3cccc(C(F)(F)F)c3)cc2)cc1. The Kier molecular flexibility index (Phi) is 8.52. The fourth-order valence-electron chi connectivity index (χ4n) is 4.41. The minimum absolute atomic E-state index is 0.411. The lowest BCUT2D eigenvalue weighted by molar-refractivity contribution is -0.137. The second kappa shape index (κ2) is 12.3. The number of rotatable bonds is 7. The number of hydrogen-bond donors (Lipinski definition) is 0. The number of esters is 1. The van der Waals surface area contributed by atoms with Crippen molar-refractivity contribution in [1.82, 2.24) is 9.55 Å². The summed E-state index contributed by atoms with van der Waals surface area (Å²) in [7, 11) is 1.34. The highest BCUT2D eigenvalue weighted by molar-refractivity contribution is 6.36. The Morgan fingerprint density at radius 3 is 2.31 bits per heavy atom. The maximum absolute atomic E-state index is 13.1.